The van der Waals surface area contributed by atoms with Gasteiger partial charge in [-0.15, -0.1) is 0 Å². The van der Waals surface area contributed by atoms with Gasteiger partial charge in [-0.1, -0.05) is 44.9 Å². The number of halogens is 5. The Morgan fingerprint density at radius 2 is 1.35 bits per heavy atom. The zero-order valence-electron chi connectivity index (χ0n) is 13.3. The van der Waals surface area contributed by atoms with Crippen LogP contribution in [0.5, 0.6) is 0 Å². The first-order valence-electron chi connectivity index (χ1n) is 7.76. The summed E-state index contributed by atoms with van der Waals surface area (Å²) in [6.07, 6.45) is -2.52. The molecule has 0 aromatic heterocycles. The highest BCUT2D eigenvalue weighted by Crippen LogP contribution is 2.39. The summed E-state index contributed by atoms with van der Waals surface area (Å²) in [6, 6.07) is 4.54. The van der Waals surface area contributed by atoms with Gasteiger partial charge in [-0.3, -0.25) is 4.79 Å². The summed E-state index contributed by atoms with van der Waals surface area (Å²) in [7, 11) is 0. The Morgan fingerprint density at radius 1 is 0.913 bits per heavy atom. The van der Waals surface area contributed by atoms with E-state index >= 15 is 0 Å². The average molecular weight is 336 g/mol. The topological polar surface area (TPSA) is 17.1 Å². The van der Waals surface area contributed by atoms with Crippen LogP contribution in [0.4, 0.5) is 22.0 Å². The molecule has 0 amide bonds. The molecule has 0 heterocycles. The molecule has 6 heteroatoms. The Hall–Kier alpha value is -1.46. The summed E-state index contributed by atoms with van der Waals surface area (Å²) in [4.78, 5) is 12.0. The standard InChI is InChI=1S/C17H21F5O/c1-3-5-8-12-10-7-11-13(9-6-4-2)14(12)15(23)16(18,19)17(20,21)22/h7,10-11H,3-6,8-9H2,1-2H3. The minimum Gasteiger partial charge on any atom is -0.287 e. The number of benzene rings is 1. The number of carbonyl (C=O) groups is 1. The van der Waals surface area contributed by atoms with E-state index in [0.29, 0.717) is 25.7 Å². The molecular weight excluding hydrogens is 315 g/mol. The van der Waals surface area contributed by atoms with Gasteiger partial charge in [0, 0.05) is 5.56 Å². The van der Waals surface area contributed by atoms with Crippen molar-refractivity contribution in [2.45, 2.75) is 64.5 Å². The quantitative estimate of drug-likeness (QED) is 0.436. The molecule has 1 aromatic rings. The number of aryl methyl sites for hydroxylation is 2. The number of carbonyl (C=O) groups excluding carboxylic acids is 1. The van der Waals surface area contributed by atoms with Gasteiger partial charge in [0.25, 0.3) is 0 Å². The van der Waals surface area contributed by atoms with Crippen molar-refractivity contribution in [1.82, 2.24) is 0 Å². The van der Waals surface area contributed by atoms with Crippen LogP contribution in [0.2, 0.25) is 0 Å². The Labute approximate surface area is 132 Å². The molecule has 0 saturated heterocycles. The van der Waals surface area contributed by atoms with Crippen molar-refractivity contribution < 1.29 is 26.7 Å². The van der Waals surface area contributed by atoms with Crippen LogP contribution in [0.1, 0.15) is 61.0 Å². The lowest BCUT2D eigenvalue weighted by atomic mass is 9.89. The third-order valence-corrected chi connectivity index (χ3v) is 3.70. The number of hydrogen-bond acceptors (Lipinski definition) is 1. The van der Waals surface area contributed by atoms with Crippen LogP contribution >= 0.6 is 0 Å². The van der Waals surface area contributed by atoms with E-state index in [0.717, 1.165) is 12.8 Å². The molecule has 0 N–H and O–H groups in total. The molecule has 0 unspecified atom stereocenters. The maximum absolute atomic E-state index is 13.5. The molecule has 0 spiro atoms. The summed E-state index contributed by atoms with van der Waals surface area (Å²) >= 11 is 0. The van der Waals surface area contributed by atoms with E-state index in [1.54, 1.807) is 6.07 Å². The van der Waals surface area contributed by atoms with Gasteiger partial charge in [0.15, 0.2) is 0 Å². The zero-order valence-corrected chi connectivity index (χ0v) is 13.3. The Morgan fingerprint density at radius 3 is 1.70 bits per heavy atom. The summed E-state index contributed by atoms with van der Waals surface area (Å²) in [5.74, 6) is -7.50. The van der Waals surface area contributed by atoms with Gasteiger partial charge in [0.05, 0.1) is 0 Å². The molecule has 0 fully saturated rings. The SMILES string of the molecule is CCCCc1cccc(CCCC)c1C(=O)C(F)(F)C(F)(F)F. The molecule has 0 saturated carbocycles. The lowest BCUT2D eigenvalue weighted by Crippen LogP contribution is -2.44. The van der Waals surface area contributed by atoms with Crippen LogP contribution < -0.4 is 0 Å². The monoisotopic (exact) mass is 336 g/mol. The van der Waals surface area contributed by atoms with E-state index in [1.165, 1.54) is 12.1 Å². The first-order valence-corrected chi connectivity index (χ1v) is 7.76. The fraction of sp³-hybridized carbons (Fsp3) is 0.588. The summed E-state index contributed by atoms with van der Waals surface area (Å²) in [5, 5.41) is 0. The van der Waals surface area contributed by atoms with Gasteiger partial charge in [0.1, 0.15) is 0 Å². The smallest absolute Gasteiger partial charge is 0.287 e. The van der Waals surface area contributed by atoms with E-state index in [-0.39, 0.29) is 11.1 Å². The van der Waals surface area contributed by atoms with Crippen molar-refractivity contribution in [3.63, 3.8) is 0 Å². The van der Waals surface area contributed by atoms with Crippen LogP contribution in [0.15, 0.2) is 18.2 Å². The molecular formula is C17H21F5O. The van der Waals surface area contributed by atoms with E-state index in [2.05, 4.69) is 0 Å². The molecule has 1 aromatic carbocycles. The van der Waals surface area contributed by atoms with Crippen molar-refractivity contribution in [1.29, 1.82) is 0 Å². The lowest BCUT2D eigenvalue weighted by Gasteiger charge is -2.21. The number of ketones is 1. The fourth-order valence-corrected chi connectivity index (χ4v) is 2.38. The lowest BCUT2D eigenvalue weighted by molar-refractivity contribution is -0.255. The molecule has 0 aliphatic carbocycles. The van der Waals surface area contributed by atoms with Gasteiger partial charge in [-0.05, 0) is 36.8 Å². The van der Waals surface area contributed by atoms with E-state index in [4.69, 9.17) is 0 Å². The van der Waals surface area contributed by atoms with Gasteiger partial charge in [0.2, 0.25) is 5.78 Å². The van der Waals surface area contributed by atoms with Crippen molar-refractivity contribution in [3.05, 3.63) is 34.9 Å². The molecule has 0 aliphatic heterocycles. The Kier molecular flexibility index (Phi) is 6.71. The zero-order chi connectivity index (χ0) is 17.7. The van der Waals surface area contributed by atoms with Crippen LogP contribution in [0, 0.1) is 0 Å². The molecule has 1 nitrogen and oxygen atoms in total. The number of hydrogen-bond donors (Lipinski definition) is 0. The van der Waals surface area contributed by atoms with Crippen LogP contribution in [0.3, 0.4) is 0 Å². The highest BCUT2D eigenvalue weighted by molar-refractivity contribution is 6.04. The number of alkyl halides is 5. The van der Waals surface area contributed by atoms with Crippen LogP contribution in [0.25, 0.3) is 0 Å². The predicted molar refractivity (Wildman–Crippen MR) is 79.0 cm³/mol. The van der Waals surface area contributed by atoms with E-state index in [9.17, 15) is 26.7 Å². The van der Waals surface area contributed by atoms with Crippen molar-refractivity contribution >= 4 is 5.78 Å². The van der Waals surface area contributed by atoms with Gasteiger partial charge >= 0.3 is 12.1 Å². The fourth-order valence-electron chi connectivity index (χ4n) is 2.38. The van der Waals surface area contributed by atoms with Crippen LogP contribution in [-0.4, -0.2) is 17.9 Å². The Bertz CT molecular complexity index is 508. The third kappa shape index (κ3) is 4.52. The van der Waals surface area contributed by atoms with Gasteiger partial charge in [-0.2, -0.15) is 22.0 Å². The first kappa shape index (κ1) is 19.6. The largest absolute Gasteiger partial charge is 0.461 e. The minimum atomic E-state index is -5.88. The highest BCUT2D eigenvalue weighted by Gasteiger charge is 2.63. The average Bonchev–Trinajstić information content (AvgIpc) is 2.48. The minimum absolute atomic E-state index is 0.273. The molecule has 130 valence electrons. The second-order valence-electron chi connectivity index (χ2n) is 5.56. The van der Waals surface area contributed by atoms with Gasteiger partial charge in [-0.25, -0.2) is 0 Å². The van der Waals surface area contributed by atoms with Crippen molar-refractivity contribution in [2.24, 2.45) is 0 Å². The second-order valence-corrected chi connectivity index (χ2v) is 5.56. The molecule has 0 aliphatic rings. The number of rotatable bonds is 8. The molecule has 0 radical (unpaired) electrons. The molecule has 23 heavy (non-hydrogen) atoms. The van der Waals surface area contributed by atoms with Crippen LogP contribution in [-0.2, 0) is 12.8 Å². The Balaban J connectivity index is 3.36. The van der Waals surface area contributed by atoms with E-state index in [1.807, 2.05) is 13.8 Å². The first-order chi connectivity index (χ1) is 10.7. The van der Waals surface area contributed by atoms with Crippen molar-refractivity contribution in [3.8, 4) is 0 Å². The van der Waals surface area contributed by atoms with E-state index < -0.39 is 23.4 Å². The molecule has 0 atom stereocenters. The summed E-state index contributed by atoms with van der Waals surface area (Å²) < 4.78 is 64.8. The predicted octanol–water partition coefficient (Wildman–Crippen LogP) is 5.75. The maximum atomic E-state index is 13.5. The molecule has 0 bridgehead atoms. The molecule has 1 rings (SSSR count). The van der Waals surface area contributed by atoms with Gasteiger partial charge < -0.3 is 0 Å². The second kappa shape index (κ2) is 7.88. The number of unbranched alkanes of at least 4 members (excludes halogenated alkanes) is 2. The van der Waals surface area contributed by atoms with Crippen molar-refractivity contribution in [2.75, 3.05) is 0 Å². The summed E-state index contributed by atoms with van der Waals surface area (Å²) in [6.45, 7) is 3.76. The summed E-state index contributed by atoms with van der Waals surface area (Å²) in [5.41, 5.74) is 0.0977. The third-order valence-electron chi connectivity index (χ3n) is 3.70. The normalized spacial score (nSPS) is 12.5. The number of Topliss-reactive ketones (excluding diaryl/α,β-unsaturated/α-hetero) is 1. The maximum Gasteiger partial charge on any atom is 0.461 e. The highest BCUT2D eigenvalue weighted by atomic mass is 19.4.